The van der Waals surface area contributed by atoms with Crippen molar-refractivity contribution < 1.29 is 0 Å². The van der Waals surface area contributed by atoms with Crippen LogP contribution in [0.5, 0.6) is 0 Å². The number of aromatic nitrogens is 2. The van der Waals surface area contributed by atoms with Gasteiger partial charge in [0, 0.05) is 28.5 Å². The second-order valence-corrected chi connectivity index (χ2v) is 6.58. The zero-order valence-electron chi connectivity index (χ0n) is 11.9. The topological polar surface area (TPSA) is 29.9 Å². The van der Waals surface area contributed by atoms with Gasteiger partial charge in [0.15, 0.2) is 0 Å². The molecule has 0 aliphatic heterocycles. The molecule has 1 aliphatic carbocycles. The highest BCUT2D eigenvalue weighted by atomic mass is 79.9. The van der Waals surface area contributed by atoms with E-state index < -0.39 is 0 Å². The lowest BCUT2D eigenvalue weighted by Gasteiger charge is -2.12. The van der Waals surface area contributed by atoms with Gasteiger partial charge in [-0.05, 0) is 40.9 Å². The van der Waals surface area contributed by atoms with Crippen LogP contribution in [0, 0.1) is 0 Å². The summed E-state index contributed by atoms with van der Waals surface area (Å²) in [5, 5.41) is 8.13. The highest BCUT2D eigenvalue weighted by molar-refractivity contribution is 9.10. The molecule has 1 fully saturated rings. The summed E-state index contributed by atoms with van der Waals surface area (Å²) in [6.07, 6.45) is 4.58. The molecule has 1 aromatic heterocycles. The molecule has 2 aromatic rings. The molecule has 0 spiro atoms. The van der Waals surface area contributed by atoms with Crippen LogP contribution in [0.3, 0.4) is 0 Å². The van der Waals surface area contributed by atoms with E-state index in [1.165, 1.54) is 24.1 Å². The minimum absolute atomic E-state index is 0.494. The monoisotopic (exact) mass is 333 g/mol. The van der Waals surface area contributed by atoms with E-state index in [1.807, 2.05) is 12.3 Å². The molecule has 0 radical (unpaired) electrons. The molecule has 3 rings (SSSR count). The number of para-hydroxylation sites is 1. The van der Waals surface area contributed by atoms with Crippen LogP contribution in [-0.4, -0.2) is 15.8 Å². The number of nitrogens with one attached hydrogen (secondary N) is 1. The van der Waals surface area contributed by atoms with Crippen molar-refractivity contribution in [3.63, 3.8) is 0 Å². The molecule has 0 unspecified atom stereocenters. The number of halogens is 1. The van der Waals surface area contributed by atoms with Crippen LogP contribution in [0.4, 0.5) is 0 Å². The van der Waals surface area contributed by atoms with E-state index in [9.17, 15) is 0 Å². The zero-order chi connectivity index (χ0) is 14.1. The van der Waals surface area contributed by atoms with E-state index in [0.29, 0.717) is 12.0 Å². The molecule has 106 valence electrons. The quantitative estimate of drug-likeness (QED) is 0.895. The Morgan fingerprint density at radius 3 is 2.75 bits per heavy atom. The van der Waals surface area contributed by atoms with Crippen molar-refractivity contribution in [1.29, 1.82) is 0 Å². The Bertz CT molecular complexity index is 600. The van der Waals surface area contributed by atoms with Gasteiger partial charge in [-0.25, -0.2) is 4.68 Å². The first kappa shape index (κ1) is 13.8. The predicted octanol–water partition coefficient (Wildman–Crippen LogP) is 4.01. The Morgan fingerprint density at radius 1 is 1.35 bits per heavy atom. The normalized spacial score (nSPS) is 15.0. The maximum atomic E-state index is 4.63. The number of nitrogens with zero attached hydrogens (tertiary/aromatic N) is 2. The van der Waals surface area contributed by atoms with Gasteiger partial charge < -0.3 is 5.32 Å². The lowest BCUT2D eigenvalue weighted by molar-refractivity contribution is 0.585. The second kappa shape index (κ2) is 5.70. The van der Waals surface area contributed by atoms with E-state index in [4.69, 9.17) is 0 Å². The van der Waals surface area contributed by atoms with Crippen LogP contribution >= 0.6 is 15.9 Å². The number of rotatable bonds is 5. The van der Waals surface area contributed by atoms with Gasteiger partial charge in [0.2, 0.25) is 0 Å². The molecule has 3 nitrogen and oxygen atoms in total. The van der Waals surface area contributed by atoms with Crippen LogP contribution in [-0.2, 0) is 6.54 Å². The molecular formula is C16H20BrN3. The molecule has 1 aromatic carbocycles. The minimum Gasteiger partial charge on any atom is -0.310 e. The van der Waals surface area contributed by atoms with Crippen LogP contribution in [0.2, 0.25) is 0 Å². The maximum Gasteiger partial charge on any atom is 0.0790 e. The van der Waals surface area contributed by atoms with E-state index in [0.717, 1.165) is 16.7 Å². The summed E-state index contributed by atoms with van der Waals surface area (Å²) in [6.45, 7) is 5.25. The summed E-state index contributed by atoms with van der Waals surface area (Å²) >= 11 is 3.63. The third-order valence-electron chi connectivity index (χ3n) is 3.63. The number of benzene rings is 1. The highest BCUT2D eigenvalue weighted by Crippen LogP contribution is 2.43. The fraction of sp³-hybridized carbons (Fsp3) is 0.438. The van der Waals surface area contributed by atoms with Crippen molar-refractivity contribution in [2.24, 2.45) is 0 Å². The van der Waals surface area contributed by atoms with E-state index in [1.54, 1.807) is 0 Å². The molecular weight excluding hydrogens is 314 g/mol. The molecule has 0 atom stereocenters. The summed E-state index contributed by atoms with van der Waals surface area (Å²) in [7, 11) is 0. The zero-order valence-corrected chi connectivity index (χ0v) is 13.5. The maximum absolute atomic E-state index is 4.63. The van der Waals surface area contributed by atoms with Crippen molar-refractivity contribution in [2.75, 3.05) is 0 Å². The first-order chi connectivity index (χ1) is 9.66. The van der Waals surface area contributed by atoms with Crippen molar-refractivity contribution in [3.05, 3.63) is 46.2 Å². The van der Waals surface area contributed by atoms with Gasteiger partial charge in [-0.2, -0.15) is 5.10 Å². The fourth-order valence-electron chi connectivity index (χ4n) is 2.45. The van der Waals surface area contributed by atoms with Crippen molar-refractivity contribution >= 4 is 15.9 Å². The lowest BCUT2D eigenvalue weighted by atomic mass is 10.1. The number of hydrogen-bond acceptors (Lipinski definition) is 2. The standard InChI is InChI=1S/C16H20BrN3/c1-11(2)18-9-13-10-19-20(16(13)12-7-8-12)15-6-4-3-5-14(15)17/h3-6,10-12,18H,7-9H2,1-2H3. The summed E-state index contributed by atoms with van der Waals surface area (Å²) in [4.78, 5) is 0. The van der Waals surface area contributed by atoms with E-state index in [2.05, 4.69) is 63.1 Å². The largest absolute Gasteiger partial charge is 0.310 e. The summed E-state index contributed by atoms with van der Waals surface area (Å²) < 4.78 is 3.20. The van der Waals surface area contributed by atoms with Crippen molar-refractivity contribution in [2.45, 2.75) is 45.2 Å². The van der Waals surface area contributed by atoms with Crippen LogP contribution in [0.15, 0.2) is 34.9 Å². The fourth-order valence-corrected chi connectivity index (χ4v) is 2.90. The molecule has 1 saturated carbocycles. The van der Waals surface area contributed by atoms with Crippen molar-refractivity contribution in [1.82, 2.24) is 15.1 Å². The molecule has 1 heterocycles. The Morgan fingerprint density at radius 2 is 2.10 bits per heavy atom. The Kier molecular flexibility index (Phi) is 3.94. The van der Waals surface area contributed by atoms with Gasteiger partial charge in [0.25, 0.3) is 0 Å². The SMILES string of the molecule is CC(C)NCc1cnn(-c2ccccc2Br)c1C1CC1. The van der Waals surface area contributed by atoms with Crippen LogP contribution in [0.1, 0.15) is 43.9 Å². The van der Waals surface area contributed by atoms with E-state index >= 15 is 0 Å². The third-order valence-corrected chi connectivity index (χ3v) is 4.30. The van der Waals surface area contributed by atoms with Crippen LogP contribution in [0.25, 0.3) is 5.69 Å². The van der Waals surface area contributed by atoms with Gasteiger partial charge in [-0.3, -0.25) is 0 Å². The molecule has 20 heavy (non-hydrogen) atoms. The first-order valence-electron chi connectivity index (χ1n) is 7.22. The van der Waals surface area contributed by atoms with Crippen LogP contribution < -0.4 is 5.32 Å². The smallest absolute Gasteiger partial charge is 0.0790 e. The molecule has 0 saturated heterocycles. The first-order valence-corrected chi connectivity index (χ1v) is 8.01. The highest BCUT2D eigenvalue weighted by Gasteiger charge is 2.30. The Labute approximate surface area is 128 Å². The Hall–Kier alpha value is -1.13. The van der Waals surface area contributed by atoms with Crippen molar-refractivity contribution in [3.8, 4) is 5.69 Å². The lowest BCUT2D eigenvalue weighted by Crippen LogP contribution is -2.22. The third kappa shape index (κ3) is 2.81. The van der Waals surface area contributed by atoms with Gasteiger partial charge in [0.05, 0.1) is 17.6 Å². The van der Waals surface area contributed by atoms with Gasteiger partial charge in [-0.15, -0.1) is 0 Å². The second-order valence-electron chi connectivity index (χ2n) is 5.73. The summed E-state index contributed by atoms with van der Waals surface area (Å²) in [6, 6.07) is 8.77. The molecule has 0 amide bonds. The molecule has 1 N–H and O–H groups in total. The van der Waals surface area contributed by atoms with Gasteiger partial charge >= 0.3 is 0 Å². The average molecular weight is 334 g/mol. The molecule has 4 heteroatoms. The van der Waals surface area contributed by atoms with Gasteiger partial charge in [-0.1, -0.05) is 26.0 Å². The minimum atomic E-state index is 0.494. The average Bonchev–Trinajstić information content (AvgIpc) is 3.17. The summed E-state index contributed by atoms with van der Waals surface area (Å²) in [5.74, 6) is 0.675. The van der Waals surface area contributed by atoms with Gasteiger partial charge in [0.1, 0.15) is 0 Å². The predicted molar refractivity (Wildman–Crippen MR) is 85.2 cm³/mol. The summed E-state index contributed by atoms with van der Waals surface area (Å²) in [5.41, 5.74) is 3.84. The number of hydrogen-bond donors (Lipinski definition) is 1. The molecule has 1 aliphatic rings. The Balaban J connectivity index is 1.97. The van der Waals surface area contributed by atoms with E-state index in [-0.39, 0.29) is 0 Å². The molecule has 0 bridgehead atoms.